The topological polar surface area (TPSA) is 40.5 Å². The number of hydrogen-bond donors (Lipinski definition) is 2. The summed E-state index contributed by atoms with van der Waals surface area (Å²) in [6, 6.07) is 12.2. The van der Waals surface area contributed by atoms with E-state index < -0.39 is 0 Å². The summed E-state index contributed by atoms with van der Waals surface area (Å²) >= 11 is 0. The van der Waals surface area contributed by atoms with Gasteiger partial charge < -0.3 is 10.2 Å². The Balaban J connectivity index is 2.61. The minimum atomic E-state index is 0.159. The molecular formula is C14H16O2. The number of benzene rings is 2. The number of fused-ring (bicyclic) bond motifs is 1. The van der Waals surface area contributed by atoms with Gasteiger partial charge in [0, 0.05) is 13.2 Å². The van der Waals surface area contributed by atoms with Crippen molar-refractivity contribution in [1.82, 2.24) is 0 Å². The number of aliphatic hydroxyl groups excluding tert-OH is 2. The Morgan fingerprint density at radius 2 is 1.25 bits per heavy atom. The van der Waals surface area contributed by atoms with Crippen molar-refractivity contribution in [2.75, 3.05) is 13.2 Å². The summed E-state index contributed by atoms with van der Waals surface area (Å²) in [4.78, 5) is 0. The van der Waals surface area contributed by atoms with Gasteiger partial charge in [-0.25, -0.2) is 0 Å². The van der Waals surface area contributed by atoms with Gasteiger partial charge in [-0.2, -0.15) is 0 Å². The van der Waals surface area contributed by atoms with Crippen LogP contribution in [0.15, 0.2) is 36.4 Å². The average molecular weight is 216 g/mol. The molecule has 2 aromatic rings. The molecule has 2 rings (SSSR count). The highest BCUT2D eigenvalue weighted by atomic mass is 16.3. The lowest BCUT2D eigenvalue weighted by atomic mass is 9.96. The molecule has 0 aliphatic heterocycles. The molecule has 2 N–H and O–H groups in total. The van der Waals surface area contributed by atoms with Crippen molar-refractivity contribution < 1.29 is 10.2 Å². The van der Waals surface area contributed by atoms with Gasteiger partial charge in [0.15, 0.2) is 0 Å². The molecular weight excluding hydrogens is 200 g/mol. The Kier molecular flexibility index (Phi) is 3.54. The molecule has 0 aliphatic rings. The van der Waals surface area contributed by atoms with Gasteiger partial charge in [-0.05, 0) is 34.7 Å². The van der Waals surface area contributed by atoms with E-state index in [0.29, 0.717) is 12.8 Å². The maximum Gasteiger partial charge on any atom is 0.0471 e. The summed E-state index contributed by atoms with van der Waals surface area (Å²) in [7, 11) is 0. The average Bonchev–Trinajstić information content (AvgIpc) is 2.30. The van der Waals surface area contributed by atoms with Crippen LogP contribution in [0.3, 0.4) is 0 Å². The molecule has 0 spiro atoms. The first-order valence-electron chi connectivity index (χ1n) is 5.58. The van der Waals surface area contributed by atoms with E-state index in [1.807, 2.05) is 24.3 Å². The van der Waals surface area contributed by atoms with E-state index in [1.54, 1.807) is 0 Å². The van der Waals surface area contributed by atoms with Gasteiger partial charge in [-0.15, -0.1) is 0 Å². The van der Waals surface area contributed by atoms with Gasteiger partial charge in [0.1, 0.15) is 0 Å². The van der Waals surface area contributed by atoms with E-state index in [0.717, 1.165) is 11.1 Å². The zero-order valence-electron chi connectivity index (χ0n) is 9.19. The molecule has 0 radical (unpaired) electrons. The molecule has 0 fully saturated rings. The van der Waals surface area contributed by atoms with Crippen LogP contribution in [0.1, 0.15) is 11.1 Å². The van der Waals surface area contributed by atoms with Crippen LogP contribution in [0.2, 0.25) is 0 Å². The predicted molar refractivity (Wildman–Crippen MR) is 65.5 cm³/mol. The van der Waals surface area contributed by atoms with Crippen molar-refractivity contribution in [3.8, 4) is 0 Å². The first-order valence-corrected chi connectivity index (χ1v) is 5.58. The lowest BCUT2D eigenvalue weighted by Gasteiger charge is -2.10. The van der Waals surface area contributed by atoms with Gasteiger partial charge in [-0.3, -0.25) is 0 Å². The first kappa shape index (κ1) is 11.1. The molecule has 0 unspecified atom stereocenters. The van der Waals surface area contributed by atoms with E-state index in [-0.39, 0.29) is 13.2 Å². The van der Waals surface area contributed by atoms with E-state index in [4.69, 9.17) is 10.2 Å². The molecule has 84 valence electrons. The van der Waals surface area contributed by atoms with E-state index in [2.05, 4.69) is 12.1 Å². The summed E-state index contributed by atoms with van der Waals surface area (Å²) < 4.78 is 0. The largest absolute Gasteiger partial charge is 0.396 e. The monoisotopic (exact) mass is 216 g/mol. The standard InChI is InChI=1S/C14H16O2/c15-9-7-12-5-1-3-11-4-2-6-13(8-10-16)14(11)12/h1-6,15-16H,7-10H2. The van der Waals surface area contributed by atoms with Crippen molar-refractivity contribution in [3.63, 3.8) is 0 Å². The smallest absolute Gasteiger partial charge is 0.0471 e. The van der Waals surface area contributed by atoms with E-state index >= 15 is 0 Å². The molecule has 2 aromatic carbocycles. The third-order valence-electron chi connectivity index (χ3n) is 2.84. The van der Waals surface area contributed by atoms with Crippen LogP contribution in [0.4, 0.5) is 0 Å². The van der Waals surface area contributed by atoms with Crippen LogP contribution < -0.4 is 0 Å². The third-order valence-corrected chi connectivity index (χ3v) is 2.84. The highest BCUT2D eigenvalue weighted by Crippen LogP contribution is 2.23. The van der Waals surface area contributed by atoms with Crippen molar-refractivity contribution in [3.05, 3.63) is 47.5 Å². The fraction of sp³-hybridized carbons (Fsp3) is 0.286. The Labute approximate surface area is 95.2 Å². The fourth-order valence-corrected chi connectivity index (χ4v) is 2.16. The van der Waals surface area contributed by atoms with Gasteiger partial charge in [0.05, 0.1) is 0 Å². The maximum absolute atomic E-state index is 9.05. The number of hydrogen-bond acceptors (Lipinski definition) is 2. The second-order valence-electron chi connectivity index (χ2n) is 3.88. The zero-order valence-corrected chi connectivity index (χ0v) is 9.19. The molecule has 2 heteroatoms. The normalized spacial score (nSPS) is 10.9. The minimum Gasteiger partial charge on any atom is -0.396 e. The van der Waals surface area contributed by atoms with Crippen LogP contribution in [0.25, 0.3) is 10.8 Å². The van der Waals surface area contributed by atoms with Crippen LogP contribution in [-0.2, 0) is 12.8 Å². The van der Waals surface area contributed by atoms with Crippen molar-refractivity contribution in [2.45, 2.75) is 12.8 Å². The van der Waals surface area contributed by atoms with Crippen molar-refractivity contribution >= 4 is 10.8 Å². The summed E-state index contributed by atoms with van der Waals surface area (Å²) in [6.45, 7) is 0.319. The van der Waals surface area contributed by atoms with Gasteiger partial charge in [-0.1, -0.05) is 36.4 Å². The van der Waals surface area contributed by atoms with Gasteiger partial charge >= 0.3 is 0 Å². The Hall–Kier alpha value is -1.38. The van der Waals surface area contributed by atoms with E-state index in [1.165, 1.54) is 10.8 Å². The van der Waals surface area contributed by atoms with Crippen LogP contribution in [-0.4, -0.2) is 23.4 Å². The van der Waals surface area contributed by atoms with E-state index in [9.17, 15) is 0 Å². The Bertz CT molecular complexity index is 436. The van der Waals surface area contributed by atoms with Crippen molar-refractivity contribution in [1.29, 1.82) is 0 Å². The summed E-state index contributed by atoms with van der Waals surface area (Å²) in [5, 5.41) is 20.5. The second-order valence-corrected chi connectivity index (χ2v) is 3.88. The summed E-state index contributed by atoms with van der Waals surface area (Å²) in [5.41, 5.74) is 2.31. The second kappa shape index (κ2) is 5.10. The Morgan fingerprint density at radius 1 is 0.750 bits per heavy atom. The molecule has 0 amide bonds. The fourth-order valence-electron chi connectivity index (χ4n) is 2.16. The quantitative estimate of drug-likeness (QED) is 0.819. The van der Waals surface area contributed by atoms with Gasteiger partial charge in [0.25, 0.3) is 0 Å². The highest BCUT2D eigenvalue weighted by Gasteiger charge is 2.05. The molecule has 0 saturated heterocycles. The lowest BCUT2D eigenvalue weighted by molar-refractivity contribution is 0.299. The Morgan fingerprint density at radius 3 is 1.69 bits per heavy atom. The zero-order chi connectivity index (χ0) is 11.4. The van der Waals surface area contributed by atoms with Gasteiger partial charge in [0.2, 0.25) is 0 Å². The third kappa shape index (κ3) is 2.08. The molecule has 2 nitrogen and oxygen atoms in total. The predicted octanol–water partition coefficient (Wildman–Crippen LogP) is 1.91. The number of rotatable bonds is 4. The first-order chi connectivity index (χ1) is 7.86. The molecule has 16 heavy (non-hydrogen) atoms. The number of aliphatic hydroxyl groups is 2. The molecule has 0 aliphatic carbocycles. The van der Waals surface area contributed by atoms with Crippen LogP contribution in [0.5, 0.6) is 0 Å². The maximum atomic E-state index is 9.05. The van der Waals surface area contributed by atoms with Crippen LogP contribution in [0, 0.1) is 0 Å². The minimum absolute atomic E-state index is 0.159. The summed E-state index contributed by atoms with van der Waals surface area (Å²) in [5.74, 6) is 0. The molecule has 0 bridgehead atoms. The van der Waals surface area contributed by atoms with Crippen molar-refractivity contribution in [2.24, 2.45) is 0 Å². The molecule has 0 atom stereocenters. The molecule has 0 saturated carbocycles. The lowest BCUT2D eigenvalue weighted by Crippen LogP contribution is -1.97. The molecule has 0 heterocycles. The summed E-state index contributed by atoms with van der Waals surface area (Å²) in [6.07, 6.45) is 1.33. The highest BCUT2D eigenvalue weighted by molar-refractivity contribution is 5.89. The van der Waals surface area contributed by atoms with Crippen LogP contribution >= 0.6 is 0 Å². The SMILES string of the molecule is OCCc1cccc2cccc(CCO)c12. The molecule has 0 aromatic heterocycles.